The van der Waals surface area contributed by atoms with E-state index in [4.69, 9.17) is 10.5 Å². The maximum atomic E-state index is 6.02. The van der Waals surface area contributed by atoms with Gasteiger partial charge in [-0.2, -0.15) is 0 Å². The minimum atomic E-state index is 0.250. The summed E-state index contributed by atoms with van der Waals surface area (Å²) in [6, 6.07) is 0.250. The molecular formula is C15H24N4O. The van der Waals surface area contributed by atoms with Gasteiger partial charge in [-0.3, -0.25) is 0 Å². The van der Waals surface area contributed by atoms with Crippen LogP contribution in [0.1, 0.15) is 38.1 Å². The van der Waals surface area contributed by atoms with Gasteiger partial charge in [0.15, 0.2) is 0 Å². The average molecular weight is 276 g/mol. The minimum absolute atomic E-state index is 0.250. The molecule has 2 N–H and O–H groups in total. The van der Waals surface area contributed by atoms with Crippen molar-refractivity contribution >= 4 is 16.9 Å². The molecule has 0 radical (unpaired) electrons. The Kier molecular flexibility index (Phi) is 4.28. The molecule has 110 valence electrons. The molecule has 0 fully saturated rings. The van der Waals surface area contributed by atoms with Gasteiger partial charge in [-0.15, -0.1) is 0 Å². The average Bonchev–Trinajstić information content (AvgIpc) is 2.65. The monoisotopic (exact) mass is 276 g/mol. The summed E-state index contributed by atoms with van der Waals surface area (Å²) >= 11 is 0. The summed E-state index contributed by atoms with van der Waals surface area (Å²) in [5.41, 5.74) is 9.27. The van der Waals surface area contributed by atoms with Gasteiger partial charge < -0.3 is 15.0 Å². The van der Waals surface area contributed by atoms with E-state index in [0.717, 1.165) is 23.2 Å². The third-order valence-electron chi connectivity index (χ3n) is 3.96. The molecule has 0 aliphatic carbocycles. The lowest BCUT2D eigenvalue weighted by Crippen LogP contribution is -2.22. The molecule has 2 aromatic heterocycles. The molecule has 1 unspecified atom stereocenters. The topological polar surface area (TPSA) is 66.0 Å². The van der Waals surface area contributed by atoms with Crippen LogP contribution in [0.2, 0.25) is 0 Å². The Bertz CT molecular complexity index is 603. The molecule has 2 aromatic rings. The highest BCUT2D eigenvalue weighted by molar-refractivity contribution is 5.90. The third kappa shape index (κ3) is 2.38. The van der Waals surface area contributed by atoms with Crippen LogP contribution in [-0.4, -0.2) is 27.7 Å². The number of aromatic nitrogens is 3. The first-order chi connectivity index (χ1) is 9.49. The zero-order chi connectivity index (χ0) is 14.9. The number of nitrogens with two attached hydrogens (primary N) is 1. The Labute approximate surface area is 120 Å². The second-order valence-corrected chi connectivity index (χ2v) is 5.51. The van der Waals surface area contributed by atoms with E-state index in [1.807, 2.05) is 6.92 Å². The van der Waals surface area contributed by atoms with Crippen molar-refractivity contribution in [2.24, 2.45) is 5.92 Å². The molecule has 1 atom stereocenters. The summed E-state index contributed by atoms with van der Waals surface area (Å²) in [4.78, 5) is 8.56. The quantitative estimate of drug-likeness (QED) is 0.912. The van der Waals surface area contributed by atoms with Crippen LogP contribution < -0.4 is 5.73 Å². The molecule has 0 aliphatic heterocycles. The normalized spacial score (nSPS) is 13.3. The lowest BCUT2D eigenvalue weighted by molar-refractivity contribution is 0.0972. The van der Waals surface area contributed by atoms with E-state index in [-0.39, 0.29) is 6.04 Å². The summed E-state index contributed by atoms with van der Waals surface area (Å²) < 4.78 is 7.91. The van der Waals surface area contributed by atoms with Crippen molar-refractivity contribution in [3.05, 3.63) is 17.6 Å². The smallest absolute Gasteiger partial charge is 0.146 e. The molecular weight excluding hydrogens is 252 g/mol. The van der Waals surface area contributed by atoms with E-state index in [9.17, 15) is 0 Å². The zero-order valence-electron chi connectivity index (χ0n) is 13.0. The molecule has 5 heteroatoms. The Morgan fingerprint density at radius 3 is 2.60 bits per heavy atom. The summed E-state index contributed by atoms with van der Waals surface area (Å²) in [5.74, 6) is 1.000. The van der Waals surface area contributed by atoms with E-state index in [0.29, 0.717) is 18.3 Å². The molecule has 0 aliphatic rings. The molecule has 0 bridgehead atoms. The van der Waals surface area contributed by atoms with Crippen LogP contribution >= 0.6 is 0 Å². The van der Waals surface area contributed by atoms with E-state index >= 15 is 0 Å². The Balaban J connectivity index is 2.63. The maximum Gasteiger partial charge on any atom is 0.146 e. The number of nitrogens with zero attached hydrogens (tertiary/aromatic N) is 3. The van der Waals surface area contributed by atoms with Gasteiger partial charge in [-0.05, 0) is 32.3 Å². The largest absolute Gasteiger partial charge is 0.383 e. The molecule has 0 amide bonds. The van der Waals surface area contributed by atoms with Crippen molar-refractivity contribution in [3.8, 4) is 0 Å². The van der Waals surface area contributed by atoms with Gasteiger partial charge in [0.05, 0.1) is 18.0 Å². The van der Waals surface area contributed by atoms with Gasteiger partial charge in [0.1, 0.15) is 17.8 Å². The Hall–Kier alpha value is -1.62. The predicted molar refractivity (Wildman–Crippen MR) is 81.8 cm³/mol. The van der Waals surface area contributed by atoms with E-state index in [2.05, 4.69) is 42.2 Å². The van der Waals surface area contributed by atoms with Crippen LogP contribution in [-0.2, 0) is 4.74 Å². The van der Waals surface area contributed by atoms with E-state index < -0.39 is 0 Å². The first-order valence-corrected chi connectivity index (χ1v) is 7.14. The second kappa shape index (κ2) is 5.79. The number of ether oxygens (including phenoxy) is 1. The van der Waals surface area contributed by atoms with Crippen molar-refractivity contribution in [1.82, 2.24) is 14.5 Å². The standard InChI is InChI=1S/C15H24N4O/c1-6-20-7-12(9(2)3)19-11(5)10(4)13-14(16)17-8-18-15(13)19/h8-9,12H,6-7H2,1-5H3,(H2,16,17,18). The van der Waals surface area contributed by atoms with Crippen LogP contribution in [0.15, 0.2) is 6.33 Å². The number of rotatable bonds is 5. The zero-order valence-corrected chi connectivity index (χ0v) is 13.0. The predicted octanol–water partition coefficient (Wildman–Crippen LogP) is 2.86. The summed E-state index contributed by atoms with van der Waals surface area (Å²) in [6.07, 6.45) is 1.53. The van der Waals surface area contributed by atoms with E-state index in [1.165, 1.54) is 12.0 Å². The third-order valence-corrected chi connectivity index (χ3v) is 3.96. The van der Waals surface area contributed by atoms with Gasteiger partial charge in [-0.25, -0.2) is 9.97 Å². The number of hydrogen-bond donors (Lipinski definition) is 1. The molecule has 2 rings (SSSR count). The van der Waals surface area contributed by atoms with Crippen molar-refractivity contribution in [2.75, 3.05) is 18.9 Å². The van der Waals surface area contributed by atoms with Gasteiger partial charge in [0.25, 0.3) is 0 Å². The fraction of sp³-hybridized carbons (Fsp3) is 0.600. The van der Waals surface area contributed by atoms with Gasteiger partial charge >= 0.3 is 0 Å². The number of nitrogen functional groups attached to an aromatic ring is 1. The molecule has 0 aromatic carbocycles. The van der Waals surface area contributed by atoms with E-state index in [1.54, 1.807) is 0 Å². The molecule has 0 saturated heterocycles. The summed E-state index contributed by atoms with van der Waals surface area (Å²) in [7, 11) is 0. The van der Waals surface area contributed by atoms with Gasteiger partial charge in [0, 0.05) is 12.3 Å². The van der Waals surface area contributed by atoms with Gasteiger partial charge in [0.2, 0.25) is 0 Å². The van der Waals surface area contributed by atoms with Crippen LogP contribution in [0.3, 0.4) is 0 Å². The van der Waals surface area contributed by atoms with Crippen LogP contribution in [0.25, 0.3) is 11.0 Å². The molecule has 0 spiro atoms. The van der Waals surface area contributed by atoms with Crippen LogP contribution in [0.4, 0.5) is 5.82 Å². The number of fused-ring (bicyclic) bond motifs is 1. The van der Waals surface area contributed by atoms with Crippen molar-refractivity contribution < 1.29 is 4.74 Å². The van der Waals surface area contributed by atoms with Crippen LogP contribution in [0.5, 0.6) is 0 Å². The highest BCUT2D eigenvalue weighted by Crippen LogP contribution is 2.32. The number of anilines is 1. The van der Waals surface area contributed by atoms with Crippen molar-refractivity contribution in [2.45, 2.75) is 40.7 Å². The van der Waals surface area contributed by atoms with Crippen molar-refractivity contribution in [1.29, 1.82) is 0 Å². The number of hydrogen-bond acceptors (Lipinski definition) is 4. The molecule has 0 saturated carbocycles. The first-order valence-electron chi connectivity index (χ1n) is 7.14. The number of aryl methyl sites for hydroxylation is 1. The summed E-state index contributed by atoms with van der Waals surface area (Å²) in [5, 5.41) is 0.965. The van der Waals surface area contributed by atoms with Gasteiger partial charge in [-0.1, -0.05) is 13.8 Å². The lowest BCUT2D eigenvalue weighted by Gasteiger charge is -2.25. The fourth-order valence-electron chi connectivity index (χ4n) is 2.66. The second-order valence-electron chi connectivity index (χ2n) is 5.51. The minimum Gasteiger partial charge on any atom is -0.383 e. The van der Waals surface area contributed by atoms with Crippen molar-refractivity contribution in [3.63, 3.8) is 0 Å². The Morgan fingerprint density at radius 2 is 2.00 bits per heavy atom. The SMILES string of the molecule is CCOCC(C(C)C)n1c(C)c(C)c2c(N)ncnc21. The maximum absolute atomic E-state index is 6.02. The first kappa shape index (κ1) is 14.8. The fourth-order valence-corrected chi connectivity index (χ4v) is 2.66. The molecule has 5 nitrogen and oxygen atoms in total. The lowest BCUT2D eigenvalue weighted by atomic mass is 10.0. The van der Waals surface area contributed by atoms with Crippen LogP contribution in [0, 0.1) is 19.8 Å². The molecule has 20 heavy (non-hydrogen) atoms. The molecule has 2 heterocycles. The highest BCUT2D eigenvalue weighted by Gasteiger charge is 2.23. The summed E-state index contributed by atoms with van der Waals surface area (Å²) in [6.45, 7) is 12.0. The highest BCUT2D eigenvalue weighted by atomic mass is 16.5. The Morgan fingerprint density at radius 1 is 1.30 bits per heavy atom.